The first-order chi connectivity index (χ1) is 7.24. The number of carbonyl (C=O) groups excluding carboxylic acids is 1. The Kier molecular flexibility index (Phi) is 8.38. The molecule has 0 aliphatic heterocycles. The first-order valence-corrected chi connectivity index (χ1v) is 6.12. The minimum absolute atomic E-state index is 0.0366. The van der Waals surface area contributed by atoms with Crippen LogP contribution in [0.3, 0.4) is 0 Å². The molecule has 0 atom stereocenters. The third-order valence-corrected chi connectivity index (χ3v) is 2.80. The first-order valence-electron chi connectivity index (χ1n) is 6.12. The standard InChI is InChI=1S/C10H19NO2.C2H6/c1-8-2-4-9(5-3-8)10(13)11-6-7-12;1-2/h8-9,12H,2-7H2,1H3,(H,11,13);1-2H3. The summed E-state index contributed by atoms with van der Waals surface area (Å²) in [5, 5.41) is 11.3. The van der Waals surface area contributed by atoms with E-state index in [0.717, 1.165) is 31.6 Å². The number of nitrogens with one attached hydrogen (secondary N) is 1. The monoisotopic (exact) mass is 215 g/mol. The molecular weight excluding hydrogens is 190 g/mol. The normalized spacial score (nSPS) is 25.1. The second kappa shape index (κ2) is 8.72. The molecule has 15 heavy (non-hydrogen) atoms. The fourth-order valence-corrected chi connectivity index (χ4v) is 1.85. The van der Waals surface area contributed by atoms with Crippen molar-refractivity contribution in [3.05, 3.63) is 0 Å². The molecule has 0 saturated heterocycles. The van der Waals surface area contributed by atoms with Gasteiger partial charge >= 0.3 is 0 Å². The van der Waals surface area contributed by atoms with Gasteiger partial charge in [-0.05, 0) is 31.6 Å². The molecule has 1 rings (SSSR count). The van der Waals surface area contributed by atoms with Gasteiger partial charge in [0.25, 0.3) is 0 Å². The van der Waals surface area contributed by atoms with Crippen LogP contribution in [0.15, 0.2) is 0 Å². The van der Waals surface area contributed by atoms with Gasteiger partial charge < -0.3 is 10.4 Å². The zero-order valence-electron chi connectivity index (χ0n) is 10.3. The van der Waals surface area contributed by atoms with E-state index in [0.29, 0.717) is 6.54 Å². The van der Waals surface area contributed by atoms with Crippen molar-refractivity contribution < 1.29 is 9.90 Å². The summed E-state index contributed by atoms with van der Waals surface area (Å²) >= 11 is 0. The maximum absolute atomic E-state index is 11.4. The fourth-order valence-electron chi connectivity index (χ4n) is 1.85. The summed E-state index contributed by atoms with van der Waals surface area (Å²) in [5.41, 5.74) is 0. The molecule has 0 radical (unpaired) electrons. The lowest BCUT2D eigenvalue weighted by Gasteiger charge is -2.25. The minimum atomic E-state index is 0.0366. The van der Waals surface area contributed by atoms with E-state index in [-0.39, 0.29) is 18.4 Å². The predicted octanol–water partition coefficient (Wildman–Crippen LogP) is 1.95. The van der Waals surface area contributed by atoms with E-state index < -0.39 is 0 Å². The molecule has 1 aliphatic carbocycles. The van der Waals surface area contributed by atoms with Gasteiger partial charge in [-0.25, -0.2) is 0 Å². The lowest BCUT2D eigenvalue weighted by atomic mass is 9.82. The van der Waals surface area contributed by atoms with Crippen LogP contribution in [0, 0.1) is 11.8 Å². The van der Waals surface area contributed by atoms with E-state index in [1.807, 2.05) is 13.8 Å². The highest BCUT2D eigenvalue weighted by Gasteiger charge is 2.23. The number of carbonyl (C=O) groups is 1. The average molecular weight is 215 g/mol. The lowest BCUT2D eigenvalue weighted by Crippen LogP contribution is -2.34. The summed E-state index contributed by atoms with van der Waals surface area (Å²) < 4.78 is 0. The van der Waals surface area contributed by atoms with Crippen LogP contribution in [0.4, 0.5) is 0 Å². The van der Waals surface area contributed by atoms with Crippen LogP contribution in [-0.4, -0.2) is 24.2 Å². The largest absolute Gasteiger partial charge is 0.395 e. The molecule has 0 aromatic rings. The first kappa shape index (κ1) is 14.4. The summed E-state index contributed by atoms with van der Waals surface area (Å²) in [6.45, 7) is 6.67. The smallest absolute Gasteiger partial charge is 0.223 e. The quantitative estimate of drug-likeness (QED) is 0.756. The molecule has 1 amide bonds. The van der Waals surface area contributed by atoms with E-state index in [1.54, 1.807) is 0 Å². The molecule has 0 aromatic carbocycles. The maximum atomic E-state index is 11.4. The van der Waals surface area contributed by atoms with Crippen LogP contribution >= 0.6 is 0 Å². The maximum Gasteiger partial charge on any atom is 0.223 e. The van der Waals surface area contributed by atoms with E-state index >= 15 is 0 Å². The van der Waals surface area contributed by atoms with Crippen molar-refractivity contribution in [1.29, 1.82) is 0 Å². The van der Waals surface area contributed by atoms with Crippen molar-refractivity contribution in [1.82, 2.24) is 5.32 Å². The highest BCUT2D eigenvalue weighted by atomic mass is 16.3. The van der Waals surface area contributed by atoms with Gasteiger partial charge in [0.05, 0.1) is 6.61 Å². The van der Waals surface area contributed by atoms with Gasteiger partial charge in [0.15, 0.2) is 0 Å². The molecule has 0 spiro atoms. The van der Waals surface area contributed by atoms with Crippen LogP contribution in [0.25, 0.3) is 0 Å². The second-order valence-corrected chi connectivity index (χ2v) is 3.97. The topological polar surface area (TPSA) is 49.3 Å². The molecule has 0 bridgehead atoms. The second-order valence-electron chi connectivity index (χ2n) is 3.97. The number of aliphatic hydroxyl groups is 1. The zero-order valence-corrected chi connectivity index (χ0v) is 10.3. The molecule has 0 heterocycles. The summed E-state index contributed by atoms with van der Waals surface area (Å²) in [6.07, 6.45) is 4.35. The summed E-state index contributed by atoms with van der Waals surface area (Å²) in [6, 6.07) is 0. The molecule has 0 unspecified atom stereocenters. The van der Waals surface area contributed by atoms with Crippen LogP contribution in [0.2, 0.25) is 0 Å². The summed E-state index contributed by atoms with van der Waals surface area (Å²) in [4.78, 5) is 11.4. The third kappa shape index (κ3) is 5.78. The molecule has 1 aliphatic rings. The van der Waals surface area contributed by atoms with E-state index in [1.165, 1.54) is 0 Å². The van der Waals surface area contributed by atoms with Gasteiger partial charge in [-0.1, -0.05) is 20.8 Å². The SMILES string of the molecule is CC.CC1CCC(C(=O)NCCO)CC1. The Morgan fingerprint density at radius 2 is 1.80 bits per heavy atom. The van der Waals surface area contributed by atoms with Gasteiger partial charge in [-0.2, -0.15) is 0 Å². The van der Waals surface area contributed by atoms with E-state index in [2.05, 4.69) is 12.2 Å². The predicted molar refractivity (Wildman–Crippen MR) is 62.6 cm³/mol. The fraction of sp³-hybridized carbons (Fsp3) is 0.917. The van der Waals surface area contributed by atoms with Gasteiger partial charge in [0.1, 0.15) is 0 Å². The van der Waals surface area contributed by atoms with Crippen molar-refractivity contribution >= 4 is 5.91 Å². The van der Waals surface area contributed by atoms with Crippen LogP contribution in [-0.2, 0) is 4.79 Å². The molecule has 0 aromatic heterocycles. The van der Waals surface area contributed by atoms with Crippen molar-refractivity contribution in [3.8, 4) is 0 Å². The van der Waals surface area contributed by atoms with E-state index in [9.17, 15) is 4.79 Å². The minimum Gasteiger partial charge on any atom is -0.395 e. The lowest BCUT2D eigenvalue weighted by molar-refractivity contribution is -0.126. The number of aliphatic hydroxyl groups excluding tert-OH is 1. The highest BCUT2D eigenvalue weighted by Crippen LogP contribution is 2.28. The Hall–Kier alpha value is -0.570. The Bertz CT molecular complexity index is 163. The molecule has 90 valence electrons. The summed E-state index contributed by atoms with van der Waals surface area (Å²) in [5.74, 6) is 1.10. The molecule has 3 heteroatoms. The van der Waals surface area contributed by atoms with Gasteiger partial charge in [0.2, 0.25) is 5.91 Å². The zero-order chi connectivity index (χ0) is 11.7. The van der Waals surface area contributed by atoms with Gasteiger partial charge in [-0.3, -0.25) is 4.79 Å². The van der Waals surface area contributed by atoms with Crippen LogP contribution in [0.1, 0.15) is 46.5 Å². The van der Waals surface area contributed by atoms with Crippen LogP contribution < -0.4 is 5.32 Å². The van der Waals surface area contributed by atoms with Crippen molar-refractivity contribution in [2.45, 2.75) is 46.5 Å². The Balaban J connectivity index is 0.000000921. The number of amides is 1. The Morgan fingerprint density at radius 3 is 2.27 bits per heavy atom. The Labute approximate surface area is 93.3 Å². The van der Waals surface area contributed by atoms with Crippen molar-refractivity contribution in [2.75, 3.05) is 13.2 Å². The number of hydrogen-bond donors (Lipinski definition) is 2. The summed E-state index contributed by atoms with van der Waals surface area (Å²) in [7, 11) is 0. The number of rotatable bonds is 3. The van der Waals surface area contributed by atoms with Gasteiger partial charge in [0, 0.05) is 12.5 Å². The molecule has 2 N–H and O–H groups in total. The Morgan fingerprint density at radius 1 is 1.27 bits per heavy atom. The van der Waals surface area contributed by atoms with E-state index in [4.69, 9.17) is 5.11 Å². The number of hydrogen-bond acceptors (Lipinski definition) is 2. The molecule has 3 nitrogen and oxygen atoms in total. The molecular formula is C12H25NO2. The van der Waals surface area contributed by atoms with Crippen LogP contribution in [0.5, 0.6) is 0 Å². The van der Waals surface area contributed by atoms with Gasteiger partial charge in [-0.15, -0.1) is 0 Å². The molecule has 1 saturated carbocycles. The molecule has 1 fully saturated rings. The average Bonchev–Trinajstić information content (AvgIpc) is 2.29. The highest BCUT2D eigenvalue weighted by molar-refractivity contribution is 5.78. The third-order valence-electron chi connectivity index (χ3n) is 2.80. The van der Waals surface area contributed by atoms with Crippen molar-refractivity contribution in [3.63, 3.8) is 0 Å². The van der Waals surface area contributed by atoms with Crippen molar-refractivity contribution in [2.24, 2.45) is 11.8 Å².